The fourth-order valence-corrected chi connectivity index (χ4v) is 5.94. The molecule has 0 saturated carbocycles. The number of aryl methyl sites for hydroxylation is 1. The molecule has 1 aliphatic heterocycles. The van der Waals surface area contributed by atoms with Gasteiger partial charge in [0.25, 0.3) is 5.19 Å². The molecule has 0 bridgehead atoms. The van der Waals surface area contributed by atoms with E-state index in [1.807, 2.05) is 13.1 Å². The van der Waals surface area contributed by atoms with Crippen molar-refractivity contribution in [3.63, 3.8) is 0 Å². The Morgan fingerprint density at radius 2 is 1.92 bits per heavy atom. The summed E-state index contributed by atoms with van der Waals surface area (Å²) in [6.07, 6.45) is 5.01. The molecular weight excluding hydrogens is 500 g/mol. The second-order valence-electron chi connectivity index (χ2n) is 9.71. The first-order chi connectivity index (χ1) is 17.1. The lowest BCUT2D eigenvalue weighted by atomic mass is 9.92. The molecule has 10 nitrogen and oxygen atoms in total. The van der Waals surface area contributed by atoms with Crippen LogP contribution in [0.25, 0.3) is 16.2 Å². The van der Waals surface area contributed by atoms with Crippen LogP contribution in [0.1, 0.15) is 50.9 Å². The molecule has 4 heterocycles. The van der Waals surface area contributed by atoms with Gasteiger partial charge in [-0.2, -0.15) is 4.98 Å². The first kappa shape index (κ1) is 24.7. The lowest BCUT2D eigenvalue weighted by Gasteiger charge is -2.33. The van der Waals surface area contributed by atoms with E-state index in [2.05, 4.69) is 40.9 Å². The number of aromatic nitrogens is 5. The predicted molar refractivity (Wildman–Crippen MR) is 138 cm³/mol. The highest BCUT2D eigenvalue weighted by Gasteiger charge is 2.28. The van der Waals surface area contributed by atoms with Crippen molar-refractivity contribution < 1.29 is 17.7 Å². The van der Waals surface area contributed by atoms with E-state index < -0.39 is 9.84 Å². The third-order valence-electron chi connectivity index (χ3n) is 6.63. The molecular formula is C24H30N6O4S2. The maximum atomic E-state index is 11.8. The zero-order valence-corrected chi connectivity index (χ0v) is 22.6. The summed E-state index contributed by atoms with van der Waals surface area (Å²) < 4.78 is 37.0. The highest BCUT2D eigenvalue weighted by Crippen LogP contribution is 2.31. The molecule has 5 rings (SSSR count). The van der Waals surface area contributed by atoms with Crippen molar-refractivity contribution in [3.8, 4) is 16.5 Å². The van der Waals surface area contributed by atoms with Gasteiger partial charge in [-0.25, -0.2) is 17.9 Å². The second kappa shape index (κ2) is 9.47. The van der Waals surface area contributed by atoms with Crippen LogP contribution in [0.5, 0.6) is 5.19 Å². The fourth-order valence-electron chi connectivity index (χ4n) is 4.42. The normalized spacial score (nSPS) is 16.2. The van der Waals surface area contributed by atoms with Crippen molar-refractivity contribution in [2.24, 2.45) is 5.92 Å². The van der Waals surface area contributed by atoms with Gasteiger partial charge in [0.1, 0.15) is 6.10 Å². The van der Waals surface area contributed by atoms with Crippen LogP contribution in [0.15, 0.2) is 33.8 Å². The van der Waals surface area contributed by atoms with E-state index in [1.165, 1.54) is 17.6 Å². The molecule has 0 amide bonds. The minimum atomic E-state index is -3.25. The van der Waals surface area contributed by atoms with Crippen molar-refractivity contribution in [1.82, 2.24) is 24.7 Å². The minimum absolute atomic E-state index is 0.0159. The number of hydrogen-bond donors (Lipinski definition) is 0. The van der Waals surface area contributed by atoms with Gasteiger partial charge in [-0.05, 0) is 61.6 Å². The average molecular weight is 531 g/mol. The van der Waals surface area contributed by atoms with Crippen molar-refractivity contribution >= 4 is 32.1 Å². The van der Waals surface area contributed by atoms with Crippen molar-refractivity contribution in [2.75, 3.05) is 24.2 Å². The summed E-state index contributed by atoms with van der Waals surface area (Å²) in [5, 5.41) is 9.23. The standard InChI is InChI=1S/C24H30N6O4S2/c1-14(2)21-26-22(34-28-21)29-10-8-17(9-11-29)16(4)33-24-27-30-13-20(25-23(30)35-24)19-7-6-18(12-15(19)3)36(5,31)32/h6-7,12-14,16-17H,8-11H2,1-5H3/t16-/m0/s1. The number of imidazole rings is 1. The molecule has 12 heteroatoms. The summed E-state index contributed by atoms with van der Waals surface area (Å²) in [7, 11) is -3.25. The molecule has 4 aromatic rings. The molecule has 0 radical (unpaired) electrons. The van der Waals surface area contributed by atoms with Crippen LogP contribution in [0, 0.1) is 12.8 Å². The zero-order chi connectivity index (χ0) is 25.6. The number of ether oxygens (including phenoxy) is 1. The van der Waals surface area contributed by atoms with Crippen LogP contribution in [-0.2, 0) is 9.84 Å². The summed E-state index contributed by atoms with van der Waals surface area (Å²) in [6, 6.07) is 5.68. The smallest absolute Gasteiger partial charge is 0.324 e. The first-order valence-electron chi connectivity index (χ1n) is 12.0. The van der Waals surface area contributed by atoms with Gasteiger partial charge in [0, 0.05) is 30.8 Å². The monoisotopic (exact) mass is 530 g/mol. The fraction of sp³-hybridized carbons (Fsp3) is 0.500. The van der Waals surface area contributed by atoms with E-state index >= 15 is 0 Å². The Labute approximate surface area is 214 Å². The Kier molecular flexibility index (Phi) is 6.50. The van der Waals surface area contributed by atoms with E-state index in [1.54, 1.807) is 22.7 Å². The SMILES string of the molecule is Cc1cc(S(C)(=O)=O)ccc1-c1cn2nc(O[C@@H](C)C3CCN(c4nc(C(C)C)no4)CC3)sc2n1. The van der Waals surface area contributed by atoms with Crippen LogP contribution >= 0.6 is 11.3 Å². The lowest BCUT2D eigenvalue weighted by molar-refractivity contribution is 0.130. The van der Waals surface area contributed by atoms with Gasteiger partial charge in [0.05, 0.1) is 16.8 Å². The summed E-state index contributed by atoms with van der Waals surface area (Å²) in [4.78, 5) is 12.4. The zero-order valence-electron chi connectivity index (χ0n) is 21.0. The summed E-state index contributed by atoms with van der Waals surface area (Å²) in [5.41, 5.74) is 2.48. The van der Waals surface area contributed by atoms with Crippen LogP contribution in [0.2, 0.25) is 0 Å². The highest BCUT2D eigenvalue weighted by atomic mass is 32.2. The van der Waals surface area contributed by atoms with Gasteiger partial charge < -0.3 is 14.2 Å². The number of nitrogens with zero attached hydrogens (tertiary/aromatic N) is 6. The lowest BCUT2D eigenvalue weighted by Crippen LogP contribution is -2.38. The number of sulfone groups is 1. The van der Waals surface area contributed by atoms with Crippen LogP contribution in [-0.4, -0.2) is 58.6 Å². The van der Waals surface area contributed by atoms with Crippen molar-refractivity contribution in [3.05, 3.63) is 35.8 Å². The summed E-state index contributed by atoms with van der Waals surface area (Å²) in [5.74, 6) is 1.38. The maximum Gasteiger partial charge on any atom is 0.324 e. The van der Waals surface area contributed by atoms with Crippen molar-refractivity contribution in [2.45, 2.75) is 57.5 Å². The third-order valence-corrected chi connectivity index (χ3v) is 8.56. The molecule has 1 aromatic carbocycles. The van der Waals surface area contributed by atoms with Crippen LogP contribution in [0.3, 0.4) is 0 Å². The van der Waals surface area contributed by atoms with Gasteiger partial charge >= 0.3 is 6.01 Å². The Hall–Kier alpha value is -2.99. The molecule has 0 aliphatic carbocycles. The highest BCUT2D eigenvalue weighted by molar-refractivity contribution is 7.90. The molecule has 1 saturated heterocycles. The molecule has 0 spiro atoms. The molecule has 192 valence electrons. The number of anilines is 1. The van der Waals surface area contributed by atoms with E-state index in [0.29, 0.717) is 22.0 Å². The quantitative estimate of drug-likeness (QED) is 0.344. The van der Waals surface area contributed by atoms with E-state index in [-0.39, 0.29) is 12.0 Å². The third kappa shape index (κ3) is 4.96. The van der Waals surface area contributed by atoms with Crippen molar-refractivity contribution in [1.29, 1.82) is 0 Å². The molecule has 1 atom stereocenters. The van der Waals surface area contributed by atoms with Gasteiger partial charge in [-0.15, -0.1) is 5.10 Å². The topological polar surface area (TPSA) is 116 Å². The van der Waals surface area contributed by atoms with E-state index in [4.69, 9.17) is 14.2 Å². The number of benzene rings is 1. The number of hydrogen-bond acceptors (Lipinski definition) is 10. The molecule has 1 aliphatic rings. The minimum Gasteiger partial charge on any atom is -0.466 e. The maximum absolute atomic E-state index is 11.8. The Bertz CT molecular complexity index is 1450. The van der Waals surface area contributed by atoms with Gasteiger partial charge in [0.2, 0.25) is 4.96 Å². The van der Waals surface area contributed by atoms with Crippen LogP contribution < -0.4 is 9.64 Å². The van der Waals surface area contributed by atoms with Gasteiger partial charge in [-0.1, -0.05) is 25.1 Å². The Balaban J connectivity index is 1.22. The van der Waals surface area contributed by atoms with Crippen LogP contribution in [0.4, 0.5) is 6.01 Å². The number of piperidine rings is 1. The van der Waals surface area contributed by atoms with Gasteiger partial charge in [-0.3, -0.25) is 0 Å². The Morgan fingerprint density at radius 3 is 2.53 bits per heavy atom. The summed E-state index contributed by atoms with van der Waals surface area (Å²) in [6.45, 7) is 9.77. The van der Waals surface area contributed by atoms with E-state index in [0.717, 1.165) is 53.5 Å². The Morgan fingerprint density at radius 1 is 1.17 bits per heavy atom. The second-order valence-corrected chi connectivity index (χ2v) is 12.6. The predicted octanol–water partition coefficient (Wildman–Crippen LogP) is 4.36. The van der Waals surface area contributed by atoms with E-state index in [9.17, 15) is 8.42 Å². The molecule has 0 unspecified atom stereocenters. The molecule has 1 fully saturated rings. The average Bonchev–Trinajstić information content (AvgIpc) is 3.54. The summed E-state index contributed by atoms with van der Waals surface area (Å²) >= 11 is 1.40. The first-order valence-corrected chi connectivity index (χ1v) is 14.7. The van der Waals surface area contributed by atoms with Gasteiger partial charge in [0.15, 0.2) is 15.7 Å². The largest absolute Gasteiger partial charge is 0.466 e. The number of fused-ring (bicyclic) bond motifs is 1. The molecule has 36 heavy (non-hydrogen) atoms. The molecule has 3 aromatic heterocycles. The molecule has 0 N–H and O–H groups in total. The number of rotatable bonds is 7.